The number of rotatable bonds is 5. The van der Waals surface area contributed by atoms with Crippen molar-refractivity contribution in [1.29, 1.82) is 0 Å². The third kappa shape index (κ3) is 4.77. The number of carbonyl (C=O) groups excluding carboxylic acids is 1. The zero-order chi connectivity index (χ0) is 18.7. The van der Waals surface area contributed by atoms with E-state index < -0.39 is 10.2 Å². The minimum atomic E-state index is -3.49. The van der Waals surface area contributed by atoms with Crippen LogP contribution in [0.25, 0.3) is 0 Å². The van der Waals surface area contributed by atoms with Gasteiger partial charge in [-0.2, -0.15) is 17.0 Å². The predicted octanol–water partition coefficient (Wildman–Crippen LogP) is 1.22. The first kappa shape index (κ1) is 20.0. The number of amides is 1. The van der Waals surface area contributed by atoms with Crippen LogP contribution in [0, 0.1) is 17.8 Å². The van der Waals surface area contributed by atoms with Crippen LogP contribution in [0.4, 0.5) is 0 Å². The Morgan fingerprint density at radius 2 is 1.81 bits per heavy atom. The quantitative estimate of drug-likeness (QED) is 0.769. The van der Waals surface area contributed by atoms with Crippen LogP contribution < -0.4 is 5.32 Å². The molecule has 7 nitrogen and oxygen atoms in total. The van der Waals surface area contributed by atoms with Crippen molar-refractivity contribution in [2.45, 2.75) is 52.1 Å². The summed E-state index contributed by atoms with van der Waals surface area (Å²) < 4.78 is 34.8. The van der Waals surface area contributed by atoms with Gasteiger partial charge in [0.1, 0.15) is 0 Å². The van der Waals surface area contributed by atoms with Crippen molar-refractivity contribution in [1.82, 2.24) is 13.9 Å². The Bertz CT molecular complexity index is 581. The molecule has 3 fully saturated rings. The van der Waals surface area contributed by atoms with E-state index >= 15 is 0 Å². The molecule has 0 spiro atoms. The number of ether oxygens (including phenoxy) is 1. The molecule has 1 N–H and O–H groups in total. The van der Waals surface area contributed by atoms with E-state index in [9.17, 15) is 13.2 Å². The summed E-state index contributed by atoms with van der Waals surface area (Å²) in [5.74, 6) is 0.452. The van der Waals surface area contributed by atoms with E-state index in [4.69, 9.17) is 4.74 Å². The summed E-state index contributed by atoms with van der Waals surface area (Å²) in [6.07, 6.45) is 4.69. The maximum Gasteiger partial charge on any atom is 0.282 e. The van der Waals surface area contributed by atoms with E-state index in [1.807, 2.05) is 0 Å². The van der Waals surface area contributed by atoms with Crippen LogP contribution in [0.2, 0.25) is 0 Å². The van der Waals surface area contributed by atoms with Crippen LogP contribution in [-0.4, -0.2) is 68.4 Å². The molecule has 8 heteroatoms. The van der Waals surface area contributed by atoms with E-state index in [0.29, 0.717) is 44.6 Å². The Hall–Kier alpha value is -0.700. The second-order valence-corrected chi connectivity index (χ2v) is 10.3. The summed E-state index contributed by atoms with van der Waals surface area (Å²) in [5.41, 5.74) is 0. The molecule has 26 heavy (non-hydrogen) atoms. The average Bonchev–Trinajstić information content (AvgIpc) is 3.12. The van der Waals surface area contributed by atoms with Crippen molar-refractivity contribution < 1.29 is 17.9 Å². The molecule has 3 aliphatic heterocycles. The number of nitrogens with zero attached hydrogens (tertiary/aromatic N) is 2. The fourth-order valence-corrected chi connectivity index (χ4v) is 6.43. The Morgan fingerprint density at radius 1 is 1.08 bits per heavy atom. The maximum atomic E-state index is 13.1. The Morgan fingerprint density at radius 3 is 2.46 bits per heavy atom. The summed E-state index contributed by atoms with van der Waals surface area (Å²) in [6.45, 7) is 7.48. The number of hydrogen-bond acceptors (Lipinski definition) is 4. The van der Waals surface area contributed by atoms with Gasteiger partial charge in [-0.25, -0.2) is 0 Å². The molecule has 0 saturated carbocycles. The third-order valence-corrected chi connectivity index (χ3v) is 7.71. The summed E-state index contributed by atoms with van der Waals surface area (Å²) in [5, 5.41) is 2.96. The number of nitrogens with one attached hydrogen (secondary N) is 1. The second-order valence-electron chi connectivity index (χ2n) is 8.35. The molecule has 0 aromatic carbocycles. The first-order valence-electron chi connectivity index (χ1n) is 10.0. The lowest BCUT2D eigenvalue weighted by molar-refractivity contribution is -0.126. The Labute approximate surface area is 157 Å². The van der Waals surface area contributed by atoms with Crippen LogP contribution in [0.1, 0.15) is 46.0 Å². The zero-order valence-electron chi connectivity index (χ0n) is 16.0. The molecule has 0 aliphatic carbocycles. The van der Waals surface area contributed by atoms with Crippen LogP contribution in [0.3, 0.4) is 0 Å². The number of carbonyl (C=O) groups is 1. The molecular weight excluding hydrogens is 354 g/mol. The molecule has 0 aromatic rings. The van der Waals surface area contributed by atoms with Crippen LogP contribution in [0.5, 0.6) is 0 Å². The highest BCUT2D eigenvalue weighted by Crippen LogP contribution is 2.27. The minimum absolute atomic E-state index is 0.0409. The van der Waals surface area contributed by atoms with Crippen molar-refractivity contribution in [3.05, 3.63) is 0 Å². The van der Waals surface area contributed by atoms with Gasteiger partial charge in [-0.15, -0.1) is 0 Å². The van der Waals surface area contributed by atoms with E-state index in [0.717, 1.165) is 38.7 Å². The highest BCUT2D eigenvalue weighted by atomic mass is 32.2. The van der Waals surface area contributed by atoms with E-state index in [2.05, 4.69) is 19.2 Å². The molecular formula is C18H33N3O4S. The van der Waals surface area contributed by atoms with Gasteiger partial charge in [0.15, 0.2) is 0 Å². The van der Waals surface area contributed by atoms with Gasteiger partial charge < -0.3 is 10.1 Å². The second kappa shape index (κ2) is 8.54. The lowest BCUT2D eigenvalue weighted by Gasteiger charge is -2.39. The summed E-state index contributed by atoms with van der Waals surface area (Å²) >= 11 is 0. The molecule has 3 rings (SSSR count). The van der Waals surface area contributed by atoms with E-state index in [1.165, 1.54) is 4.31 Å². The van der Waals surface area contributed by atoms with Crippen molar-refractivity contribution in [3.63, 3.8) is 0 Å². The molecule has 1 amide bonds. The molecule has 0 radical (unpaired) electrons. The highest BCUT2D eigenvalue weighted by Gasteiger charge is 2.38. The summed E-state index contributed by atoms with van der Waals surface area (Å²) in [7, 11) is -3.49. The van der Waals surface area contributed by atoms with Crippen LogP contribution in [-0.2, 0) is 19.7 Å². The topological polar surface area (TPSA) is 79.0 Å². The lowest BCUT2D eigenvalue weighted by atomic mass is 9.94. The van der Waals surface area contributed by atoms with Crippen molar-refractivity contribution >= 4 is 16.1 Å². The first-order chi connectivity index (χ1) is 12.4. The molecule has 0 unspecified atom stereocenters. The van der Waals surface area contributed by atoms with Crippen molar-refractivity contribution in [3.8, 4) is 0 Å². The Kier molecular flexibility index (Phi) is 6.59. The number of hydrogen-bond donors (Lipinski definition) is 1. The van der Waals surface area contributed by atoms with Gasteiger partial charge in [0.2, 0.25) is 5.91 Å². The van der Waals surface area contributed by atoms with Gasteiger partial charge in [-0.1, -0.05) is 13.8 Å². The molecule has 4 atom stereocenters. The van der Waals surface area contributed by atoms with Gasteiger partial charge in [0, 0.05) is 39.3 Å². The van der Waals surface area contributed by atoms with Gasteiger partial charge >= 0.3 is 0 Å². The highest BCUT2D eigenvalue weighted by molar-refractivity contribution is 7.86. The van der Waals surface area contributed by atoms with E-state index in [-0.39, 0.29) is 17.9 Å². The van der Waals surface area contributed by atoms with Crippen LogP contribution >= 0.6 is 0 Å². The Balaban J connectivity index is 1.57. The SMILES string of the molecule is C[C@@H]1C[C@H](C)CN(S(=O)(=O)N2CCC[C@H](C(=O)NC[C@H]3CCCO3)C2)C1. The summed E-state index contributed by atoms with van der Waals surface area (Å²) in [6, 6.07) is 0. The van der Waals surface area contributed by atoms with Gasteiger partial charge in [0.25, 0.3) is 10.2 Å². The molecule has 3 heterocycles. The van der Waals surface area contributed by atoms with Gasteiger partial charge in [-0.3, -0.25) is 4.79 Å². The lowest BCUT2D eigenvalue weighted by Crippen LogP contribution is -2.53. The maximum absolute atomic E-state index is 13.1. The first-order valence-corrected chi connectivity index (χ1v) is 11.4. The predicted molar refractivity (Wildman–Crippen MR) is 99.7 cm³/mol. The largest absolute Gasteiger partial charge is 0.376 e. The van der Waals surface area contributed by atoms with Gasteiger partial charge in [0.05, 0.1) is 12.0 Å². The van der Waals surface area contributed by atoms with Gasteiger partial charge in [-0.05, 0) is 43.9 Å². The standard InChI is InChI=1S/C18H33N3O4S/c1-14-9-15(2)12-21(11-14)26(23,24)20-7-3-5-16(13-20)18(22)19-10-17-6-4-8-25-17/h14-17H,3-13H2,1-2H3,(H,19,22)/t14-,15+,16-,17+/m0/s1. The molecule has 150 valence electrons. The monoisotopic (exact) mass is 387 g/mol. The molecule has 0 bridgehead atoms. The minimum Gasteiger partial charge on any atom is -0.376 e. The zero-order valence-corrected chi connectivity index (χ0v) is 16.8. The van der Waals surface area contributed by atoms with E-state index in [1.54, 1.807) is 4.31 Å². The molecule has 0 aromatic heterocycles. The van der Waals surface area contributed by atoms with Crippen molar-refractivity contribution in [2.24, 2.45) is 17.8 Å². The summed E-state index contributed by atoms with van der Waals surface area (Å²) in [4.78, 5) is 12.5. The molecule has 3 aliphatic rings. The smallest absolute Gasteiger partial charge is 0.282 e. The fraction of sp³-hybridized carbons (Fsp3) is 0.944. The molecule has 3 saturated heterocycles. The third-order valence-electron chi connectivity index (χ3n) is 5.77. The fourth-order valence-electron chi connectivity index (χ4n) is 4.49. The average molecular weight is 388 g/mol. The van der Waals surface area contributed by atoms with Crippen molar-refractivity contribution in [2.75, 3.05) is 39.3 Å². The number of piperidine rings is 2. The van der Waals surface area contributed by atoms with Crippen LogP contribution in [0.15, 0.2) is 0 Å². The normalized spacial score (nSPS) is 34.7.